The van der Waals surface area contributed by atoms with Gasteiger partial charge in [-0.05, 0) is 103 Å². The minimum Gasteiger partial charge on any atom is -0.508 e. The summed E-state index contributed by atoms with van der Waals surface area (Å²) in [6.07, 6.45) is 4.81. The third kappa shape index (κ3) is 6.71. The van der Waals surface area contributed by atoms with Gasteiger partial charge < -0.3 is 9.84 Å². The Labute approximate surface area is 222 Å². The Bertz CT molecular complexity index is 1210. The third-order valence-corrected chi connectivity index (χ3v) is 7.64. The predicted octanol–water partition coefficient (Wildman–Crippen LogP) is 8.77. The molecule has 194 valence electrons. The van der Waals surface area contributed by atoms with Crippen LogP contribution in [-0.4, -0.2) is 11.1 Å². The number of phenolic OH excluding ortho intramolecular Hbond substituents is 1. The van der Waals surface area contributed by atoms with E-state index in [-0.39, 0.29) is 11.7 Å². The molecule has 0 heterocycles. The average molecular weight is 497 g/mol. The van der Waals surface area contributed by atoms with E-state index in [0.29, 0.717) is 17.6 Å². The second kappa shape index (κ2) is 11.4. The summed E-state index contributed by atoms with van der Waals surface area (Å²) < 4.78 is 5.64. The lowest BCUT2D eigenvalue weighted by Crippen LogP contribution is -2.25. The fraction of sp³-hybridized carbons (Fsp3) is 0.382. The first kappa shape index (κ1) is 26.7. The van der Waals surface area contributed by atoms with Crippen LogP contribution in [0.2, 0.25) is 0 Å². The maximum atomic E-state index is 12.4. The lowest BCUT2D eigenvalue weighted by atomic mass is 9.71. The summed E-state index contributed by atoms with van der Waals surface area (Å²) in [6.45, 7) is 10.3. The van der Waals surface area contributed by atoms with Gasteiger partial charge in [0.25, 0.3) is 0 Å². The molecule has 3 aromatic carbocycles. The Morgan fingerprint density at radius 1 is 0.838 bits per heavy atom. The van der Waals surface area contributed by atoms with E-state index in [1.54, 1.807) is 12.1 Å². The first-order valence-electron chi connectivity index (χ1n) is 13.5. The molecule has 0 bridgehead atoms. The van der Waals surface area contributed by atoms with Crippen LogP contribution in [0.4, 0.5) is 0 Å². The number of esters is 1. The molecule has 3 nitrogen and oxygen atoms in total. The van der Waals surface area contributed by atoms with E-state index in [1.165, 1.54) is 30.4 Å². The maximum Gasteiger partial charge on any atom is 0.316 e. The monoisotopic (exact) mass is 496 g/mol. The van der Waals surface area contributed by atoms with E-state index in [9.17, 15) is 9.90 Å². The first-order valence-corrected chi connectivity index (χ1v) is 13.5. The van der Waals surface area contributed by atoms with E-state index in [2.05, 4.69) is 44.2 Å². The lowest BCUT2D eigenvalue weighted by molar-refractivity contribution is -0.143. The lowest BCUT2D eigenvalue weighted by Gasteiger charge is -2.34. The molecule has 3 atom stereocenters. The molecule has 0 aromatic heterocycles. The van der Waals surface area contributed by atoms with Gasteiger partial charge in [0, 0.05) is 0 Å². The van der Waals surface area contributed by atoms with Crippen LogP contribution in [0.5, 0.6) is 11.5 Å². The Morgan fingerprint density at radius 2 is 1.43 bits per heavy atom. The highest BCUT2D eigenvalue weighted by molar-refractivity contribution is 5.98. The van der Waals surface area contributed by atoms with Gasteiger partial charge in [0.2, 0.25) is 0 Å². The van der Waals surface area contributed by atoms with Crippen molar-refractivity contribution in [2.24, 2.45) is 23.2 Å². The normalized spacial score (nSPS) is 20.7. The fourth-order valence-corrected chi connectivity index (χ4v) is 5.29. The number of phenols is 1. The minimum atomic E-state index is -0.565. The minimum absolute atomic E-state index is 0.250. The molecule has 0 aliphatic heterocycles. The molecule has 4 rings (SSSR count). The highest BCUT2D eigenvalue weighted by Crippen LogP contribution is 2.43. The zero-order chi connectivity index (χ0) is 26.6. The van der Waals surface area contributed by atoms with Crippen LogP contribution in [0.25, 0.3) is 11.1 Å². The van der Waals surface area contributed by atoms with E-state index in [0.717, 1.165) is 29.0 Å². The van der Waals surface area contributed by atoms with E-state index < -0.39 is 5.41 Å². The number of benzene rings is 3. The highest BCUT2D eigenvalue weighted by Gasteiger charge is 2.28. The summed E-state index contributed by atoms with van der Waals surface area (Å²) in [6, 6.07) is 26.0. The molecular weight excluding hydrogens is 456 g/mol. The summed E-state index contributed by atoms with van der Waals surface area (Å²) in [5.41, 5.74) is 5.26. The number of ether oxygens (including phenoxy) is 1. The summed E-state index contributed by atoms with van der Waals surface area (Å²) in [4.78, 5) is 12.4. The summed E-state index contributed by atoms with van der Waals surface area (Å²) in [5, 5.41) is 10.0. The largest absolute Gasteiger partial charge is 0.508 e. The smallest absolute Gasteiger partial charge is 0.316 e. The van der Waals surface area contributed by atoms with E-state index in [1.807, 2.05) is 57.2 Å². The Morgan fingerprint density at radius 3 is 2.03 bits per heavy atom. The zero-order valence-corrected chi connectivity index (χ0v) is 22.8. The van der Waals surface area contributed by atoms with Gasteiger partial charge in [0.1, 0.15) is 11.5 Å². The number of carbonyl (C=O) groups is 1. The van der Waals surface area contributed by atoms with Crippen LogP contribution in [0, 0.1) is 23.2 Å². The molecule has 37 heavy (non-hydrogen) atoms. The molecule has 0 saturated heterocycles. The van der Waals surface area contributed by atoms with Gasteiger partial charge in [0.05, 0.1) is 5.41 Å². The quantitative estimate of drug-likeness (QED) is 0.211. The van der Waals surface area contributed by atoms with Crippen molar-refractivity contribution in [3.05, 3.63) is 95.6 Å². The number of hydrogen-bond acceptors (Lipinski definition) is 3. The van der Waals surface area contributed by atoms with Gasteiger partial charge in [-0.2, -0.15) is 0 Å². The van der Waals surface area contributed by atoms with Crippen LogP contribution in [0.3, 0.4) is 0 Å². The molecule has 3 aromatic rings. The van der Waals surface area contributed by atoms with Crippen LogP contribution < -0.4 is 4.74 Å². The second-order valence-corrected chi connectivity index (χ2v) is 11.8. The number of rotatable bonds is 6. The van der Waals surface area contributed by atoms with Crippen molar-refractivity contribution in [3.8, 4) is 11.5 Å². The molecule has 1 N–H and O–H groups in total. The van der Waals surface area contributed by atoms with Gasteiger partial charge in [-0.3, -0.25) is 4.79 Å². The van der Waals surface area contributed by atoms with Crippen molar-refractivity contribution in [3.63, 3.8) is 0 Å². The maximum absolute atomic E-state index is 12.4. The average Bonchev–Trinajstić information content (AvgIpc) is 2.87. The zero-order valence-electron chi connectivity index (χ0n) is 22.8. The van der Waals surface area contributed by atoms with Crippen molar-refractivity contribution in [1.29, 1.82) is 0 Å². The van der Waals surface area contributed by atoms with E-state index >= 15 is 0 Å². The van der Waals surface area contributed by atoms with Crippen LogP contribution >= 0.6 is 0 Å². The van der Waals surface area contributed by atoms with Crippen molar-refractivity contribution in [1.82, 2.24) is 0 Å². The van der Waals surface area contributed by atoms with Crippen LogP contribution in [-0.2, 0) is 4.79 Å². The second-order valence-electron chi connectivity index (χ2n) is 11.8. The summed E-state index contributed by atoms with van der Waals surface area (Å²) in [7, 11) is 0. The fourth-order valence-electron chi connectivity index (χ4n) is 5.29. The van der Waals surface area contributed by atoms with E-state index in [4.69, 9.17) is 4.74 Å². The Hall–Kier alpha value is -3.33. The van der Waals surface area contributed by atoms with Crippen LogP contribution in [0.1, 0.15) is 77.0 Å². The Balaban J connectivity index is 1.83. The molecule has 0 amide bonds. The molecule has 0 radical (unpaired) electrons. The topological polar surface area (TPSA) is 46.5 Å². The molecule has 3 unspecified atom stereocenters. The molecular formula is C34H40O3. The molecule has 1 aliphatic carbocycles. The van der Waals surface area contributed by atoms with Gasteiger partial charge in [-0.25, -0.2) is 0 Å². The Kier molecular flexibility index (Phi) is 8.22. The molecule has 0 spiro atoms. The molecule has 1 fully saturated rings. The SMILES string of the molecule is CC1CCC(C)C(C/C(=C(\c2ccc(O)cc2)c2ccc(OC(=O)C(C)(C)C)cc2)c2ccccc2)C1. The van der Waals surface area contributed by atoms with Gasteiger partial charge in [-0.15, -0.1) is 0 Å². The van der Waals surface area contributed by atoms with Crippen molar-refractivity contribution in [2.75, 3.05) is 0 Å². The summed E-state index contributed by atoms with van der Waals surface area (Å²) >= 11 is 0. The molecule has 3 heteroatoms. The third-order valence-electron chi connectivity index (χ3n) is 7.64. The summed E-state index contributed by atoms with van der Waals surface area (Å²) in [5.74, 6) is 2.58. The number of hydrogen-bond donors (Lipinski definition) is 1. The molecule has 1 saturated carbocycles. The predicted molar refractivity (Wildman–Crippen MR) is 152 cm³/mol. The van der Waals surface area contributed by atoms with Gasteiger partial charge in [0.15, 0.2) is 0 Å². The van der Waals surface area contributed by atoms with Crippen molar-refractivity contribution >= 4 is 17.1 Å². The van der Waals surface area contributed by atoms with Crippen molar-refractivity contribution < 1.29 is 14.6 Å². The number of carbonyl (C=O) groups excluding carboxylic acids is 1. The number of allylic oxidation sites excluding steroid dienone is 1. The van der Waals surface area contributed by atoms with Gasteiger partial charge >= 0.3 is 5.97 Å². The standard InChI is InChI=1S/C34H40O3/c1-23-11-12-24(2)28(21-23)22-31(25-9-7-6-8-10-25)32(26-13-17-29(35)18-14-26)27-15-19-30(20-16-27)37-33(36)34(3,4)5/h6-10,13-20,23-24,28,35H,11-12,21-22H2,1-5H3/b32-31-. The van der Waals surface area contributed by atoms with Gasteiger partial charge in [-0.1, -0.05) is 81.3 Å². The molecule has 1 aliphatic rings. The van der Waals surface area contributed by atoms with Crippen molar-refractivity contribution in [2.45, 2.75) is 60.3 Å². The first-order chi connectivity index (χ1) is 17.6. The number of aromatic hydroxyl groups is 1. The highest BCUT2D eigenvalue weighted by atomic mass is 16.5. The van der Waals surface area contributed by atoms with Crippen LogP contribution in [0.15, 0.2) is 78.9 Å².